The van der Waals surface area contributed by atoms with Crippen molar-refractivity contribution >= 4 is 5.97 Å². The third-order valence-electron chi connectivity index (χ3n) is 2.88. The molecule has 1 fully saturated rings. The molecular formula is C12H13NO4. The predicted molar refractivity (Wildman–Crippen MR) is 58.9 cm³/mol. The molecule has 0 radical (unpaired) electrons. The van der Waals surface area contributed by atoms with E-state index in [1.165, 1.54) is 0 Å². The molecule has 1 aromatic carbocycles. The summed E-state index contributed by atoms with van der Waals surface area (Å²) in [6, 6.07) is 5.50. The zero-order valence-corrected chi connectivity index (χ0v) is 9.43. The molecule has 90 valence electrons. The van der Waals surface area contributed by atoms with E-state index < -0.39 is 0 Å². The minimum Gasteiger partial charge on any atom is -0.465 e. The van der Waals surface area contributed by atoms with E-state index in [0.717, 1.165) is 17.1 Å². The molecule has 0 spiro atoms. The lowest BCUT2D eigenvalue weighted by molar-refractivity contribution is -0.142. The van der Waals surface area contributed by atoms with E-state index in [2.05, 4.69) is 5.32 Å². The number of nitrogens with one attached hydrogen (secondary N) is 1. The van der Waals surface area contributed by atoms with Crippen LogP contribution in [0.3, 0.4) is 0 Å². The fourth-order valence-electron chi connectivity index (χ4n) is 1.97. The third kappa shape index (κ3) is 1.82. The van der Waals surface area contributed by atoms with E-state index in [9.17, 15) is 4.79 Å². The molecule has 0 amide bonds. The first-order valence-electron chi connectivity index (χ1n) is 5.62. The second-order valence-corrected chi connectivity index (χ2v) is 3.99. The van der Waals surface area contributed by atoms with Crippen LogP contribution in [0.4, 0.5) is 0 Å². The Hall–Kier alpha value is -1.75. The van der Waals surface area contributed by atoms with Gasteiger partial charge in [-0.15, -0.1) is 0 Å². The van der Waals surface area contributed by atoms with Crippen molar-refractivity contribution in [3.05, 3.63) is 23.8 Å². The first-order valence-corrected chi connectivity index (χ1v) is 5.62. The van der Waals surface area contributed by atoms with Crippen molar-refractivity contribution in [2.24, 2.45) is 0 Å². The van der Waals surface area contributed by atoms with Gasteiger partial charge in [-0.2, -0.15) is 0 Å². The summed E-state index contributed by atoms with van der Waals surface area (Å²) in [5.74, 6) is 1.29. The lowest BCUT2D eigenvalue weighted by atomic mass is 10.1. The normalized spacial score (nSPS) is 24.5. The molecule has 0 bridgehead atoms. The molecule has 0 unspecified atom stereocenters. The molecule has 3 rings (SSSR count). The van der Waals surface area contributed by atoms with E-state index in [-0.39, 0.29) is 24.8 Å². The summed E-state index contributed by atoms with van der Waals surface area (Å²) in [4.78, 5) is 11.5. The Morgan fingerprint density at radius 2 is 2.29 bits per heavy atom. The van der Waals surface area contributed by atoms with Gasteiger partial charge in [-0.1, -0.05) is 6.07 Å². The van der Waals surface area contributed by atoms with Crippen molar-refractivity contribution < 1.29 is 19.0 Å². The molecule has 2 aliphatic heterocycles. The van der Waals surface area contributed by atoms with Crippen LogP contribution in [0.2, 0.25) is 0 Å². The Balaban J connectivity index is 1.73. The average Bonchev–Trinajstić information content (AvgIpc) is 3.00. The average molecular weight is 235 g/mol. The number of hydrogen-bond donors (Lipinski definition) is 1. The van der Waals surface area contributed by atoms with Gasteiger partial charge >= 0.3 is 5.97 Å². The maximum Gasteiger partial charge on any atom is 0.325 e. The smallest absolute Gasteiger partial charge is 0.325 e. The summed E-state index contributed by atoms with van der Waals surface area (Å²) in [6.07, 6.45) is 0. The summed E-state index contributed by atoms with van der Waals surface area (Å²) in [5.41, 5.74) is 1.02. The molecule has 5 heteroatoms. The largest absolute Gasteiger partial charge is 0.465 e. The maximum atomic E-state index is 11.5. The number of ether oxygens (including phenoxy) is 3. The lowest BCUT2D eigenvalue weighted by Gasteiger charge is -2.01. The fourth-order valence-corrected chi connectivity index (χ4v) is 1.97. The molecule has 2 heterocycles. The molecule has 0 aliphatic carbocycles. The highest BCUT2D eigenvalue weighted by Gasteiger charge is 2.44. The van der Waals surface area contributed by atoms with Gasteiger partial charge in [0.15, 0.2) is 11.5 Å². The van der Waals surface area contributed by atoms with Crippen LogP contribution in [0.1, 0.15) is 18.5 Å². The van der Waals surface area contributed by atoms with Gasteiger partial charge in [0.2, 0.25) is 6.79 Å². The molecule has 1 saturated heterocycles. The Bertz CT molecular complexity index is 460. The van der Waals surface area contributed by atoms with Crippen molar-refractivity contribution in [2.45, 2.75) is 19.0 Å². The second-order valence-electron chi connectivity index (χ2n) is 3.99. The van der Waals surface area contributed by atoms with Crippen LogP contribution in [0, 0.1) is 0 Å². The topological polar surface area (TPSA) is 66.7 Å². The van der Waals surface area contributed by atoms with Crippen LogP contribution in [0.25, 0.3) is 0 Å². The Morgan fingerprint density at radius 3 is 3.12 bits per heavy atom. The van der Waals surface area contributed by atoms with Crippen molar-refractivity contribution in [1.82, 2.24) is 5.32 Å². The number of fused-ring (bicyclic) bond motifs is 1. The molecule has 1 aromatic rings. The highest BCUT2D eigenvalue weighted by Crippen LogP contribution is 2.38. The van der Waals surface area contributed by atoms with E-state index in [1.807, 2.05) is 18.2 Å². The van der Waals surface area contributed by atoms with Crippen LogP contribution in [-0.4, -0.2) is 25.4 Å². The van der Waals surface area contributed by atoms with E-state index in [1.54, 1.807) is 6.92 Å². The number of rotatable bonds is 3. The number of carbonyl (C=O) groups is 1. The Morgan fingerprint density at radius 1 is 1.47 bits per heavy atom. The second kappa shape index (κ2) is 3.92. The number of esters is 1. The third-order valence-corrected chi connectivity index (χ3v) is 2.88. The molecule has 1 N–H and O–H groups in total. The molecular weight excluding hydrogens is 222 g/mol. The number of carbonyl (C=O) groups excluding carboxylic acids is 1. The predicted octanol–water partition coefficient (Wildman–Crippen LogP) is 0.991. The van der Waals surface area contributed by atoms with Gasteiger partial charge in [-0.05, 0) is 24.6 Å². The Kier molecular flexibility index (Phi) is 2.40. The van der Waals surface area contributed by atoms with Gasteiger partial charge in [-0.3, -0.25) is 10.1 Å². The van der Waals surface area contributed by atoms with Crippen LogP contribution in [0.15, 0.2) is 18.2 Å². The number of benzene rings is 1. The standard InChI is InChI=1S/C12H13NO4/c1-2-15-12(14)11-10(13-11)7-3-4-8-9(5-7)17-6-16-8/h3-5,10-11,13H,2,6H2,1H3/t10-,11-/m0/s1. The lowest BCUT2D eigenvalue weighted by Crippen LogP contribution is -2.13. The van der Waals surface area contributed by atoms with Gasteiger partial charge in [0.1, 0.15) is 6.04 Å². The van der Waals surface area contributed by atoms with Crippen molar-refractivity contribution in [2.75, 3.05) is 13.4 Å². The summed E-state index contributed by atoms with van der Waals surface area (Å²) < 4.78 is 15.5. The summed E-state index contributed by atoms with van der Waals surface area (Å²) >= 11 is 0. The maximum absolute atomic E-state index is 11.5. The first-order chi connectivity index (χ1) is 8.29. The summed E-state index contributed by atoms with van der Waals surface area (Å²) in [7, 11) is 0. The fraction of sp³-hybridized carbons (Fsp3) is 0.417. The highest BCUT2D eigenvalue weighted by molar-refractivity contribution is 5.80. The summed E-state index contributed by atoms with van der Waals surface area (Å²) in [6.45, 7) is 2.47. The zero-order chi connectivity index (χ0) is 11.8. The van der Waals surface area contributed by atoms with Crippen molar-refractivity contribution in [1.29, 1.82) is 0 Å². The zero-order valence-electron chi connectivity index (χ0n) is 9.43. The molecule has 2 aliphatic rings. The van der Waals surface area contributed by atoms with Crippen LogP contribution in [0.5, 0.6) is 11.5 Å². The van der Waals surface area contributed by atoms with Gasteiger partial charge in [0.05, 0.1) is 12.6 Å². The first kappa shape index (κ1) is 10.4. The molecule has 5 nitrogen and oxygen atoms in total. The van der Waals surface area contributed by atoms with Gasteiger partial charge < -0.3 is 14.2 Å². The quantitative estimate of drug-likeness (QED) is 0.625. The Labute approximate surface area is 98.7 Å². The van der Waals surface area contributed by atoms with E-state index >= 15 is 0 Å². The van der Waals surface area contributed by atoms with Crippen LogP contribution in [-0.2, 0) is 9.53 Å². The molecule has 17 heavy (non-hydrogen) atoms. The van der Waals surface area contributed by atoms with Crippen LogP contribution >= 0.6 is 0 Å². The van der Waals surface area contributed by atoms with Gasteiger partial charge in [0.25, 0.3) is 0 Å². The molecule has 0 aromatic heterocycles. The highest BCUT2D eigenvalue weighted by atomic mass is 16.7. The SMILES string of the molecule is CCOC(=O)[C@H]1N[C@H]1c1ccc2c(c1)OCO2. The van der Waals surface area contributed by atoms with Gasteiger partial charge in [-0.25, -0.2) is 0 Å². The molecule has 2 atom stereocenters. The van der Waals surface area contributed by atoms with E-state index in [4.69, 9.17) is 14.2 Å². The summed E-state index contributed by atoms with van der Waals surface area (Å²) in [5, 5.41) is 3.09. The van der Waals surface area contributed by atoms with Gasteiger partial charge in [0, 0.05) is 0 Å². The molecule has 0 saturated carbocycles. The minimum atomic E-state index is -0.227. The monoisotopic (exact) mass is 235 g/mol. The van der Waals surface area contributed by atoms with Crippen LogP contribution < -0.4 is 14.8 Å². The van der Waals surface area contributed by atoms with Crippen molar-refractivity contribution in [3.8, 4) is 11.5 Å². The van der Waals surface area contributed by atoms with Crippen molar-refractivity contribution in [3.63, 3.8) is 0 Å². The number of hydrogen-bond acceptors (Lipinski definition) is 5. The van der Waals surface area contributed by atoms with E-state index in [0.29, 0.717) is 6.61 Å². The minimum absolute atomic E-state index is 0.0311.